The van der Waals surface area contributed by atoms with E-state index in [4.69, 9.17) is 4.99 Å². The first-order valence-corrected chi connectivity index (χ1v) is 12.6. The molecule has 3 aromatic carbocycles. The molecule has 0 saturated heterocycles. The molecule has 0 spiro atoms. The van der Waals surface area contributed by atoms with E-state index in [1.54, 1.807) is 0 Å². The van der Waals surface area contributed by atoms with Gasteiger partial charge in [0.25, 0.3) is 0 Å². The third-order valence-electron chi connectivity index (χ3n) is 5.52. The van der Waals surface area contributed by atoms with Gasteiger partial charge in [-0.3, -0.25) is 4.99 Å². The maximum absolute atomic E-state index is 4.72. The number of imidazole rings is 1. The molecule has 1 aromatic heterocycles. The van der Waals surface area contributed by atoms with Gasteiger partial charge in [-0.25, -0.2) is 4.98 Å². The fourth-order valence-corrected chi connectivity index (χ4v) is 5.17. The van der Waals surface area contributed by atoms with Crippen LogP contribution in [-0.4, -0.2) is 15.4 Å². The summed E-state index contributed by atoms with van der Waals surface area (Å²) >= 11 is 0. The highest BCUT2D eigenvalue weighted by Crippen LogP contribution is 2.36. The fourth-order valence-electron chi connectivity index (χ4n) is 3.92. The van der Waals surface area contributed by atoms with Gasteiger partial charge in [0.05, 0.1) is 17.6 Å². The minimum Gasteiger partial charge on any atom is -0.338 e. The molecule has 1 N–H and O–H groups in total. The first-order valence-electron chi connectivity index (χ1n) is 10.4. The van der Waals surface area contributed by atoms with E-state index >= 15 is 0 Å². The van der Waals surface area contributed by atoms with Crippen molar-refractivity contribution in [3.05, 3.63) is 103 Å². The summed E-state index contributed by atoms with van der Waals surface area (Å²) in [6, 6.07) is 24.0. The van der Waals surface area contributed by atoms with Gasteiger partial charge >= 0.3 is 0 Å². The Morgan fingerprint density at radius 1 is 0.750 bits per heavy atom. The molecule has 0 radical (unpaired) electrons. The van der Waals surface area contributed by atoms with E-state index in [-0.39, 0.29) is 0 Å². The zero-order valence-corrected chi connectivity index (χ0v) is 19.6. The van der Waals surface area contributed by atoms with E-state index in [2.05, 4.69) is 89.9 Å². The molecular formula is C27H23N3P2. The van der Waals surface area contributed by atoms with Gasteiger partial charge in [-0.15, -0.1) is 0 Å². The van der Waals surface area contributed by atoms with E-state index in [1.807, 2.05) is 17.8 Å². The van der Waals surface area contributed by atoms with E-state index in [0.29, 0.717) is 17.2 Å². The lowest BCUT2D eigenvalue weighted by Crippen LogP contribution is -1.96. The number of hydrogen-bond donors (Lipinski definition) is 1. The van der Waals surface area contributed by atoms with Gasteiger partial charge in [-0.1, -0.05) is 88.0 Å². The topological polar surface area (TPSA) is 41.0 Å². The molecule has 0 bridgehead atoms. The molecule has 0 aliphatic carbocycles. The molecular weight excluding hydrogens is 428 g/mol. The summed E-state index contributed by atoms with van der Waals surface area (Å²) in [4.78, 5) is 12.5. The lowest BCUT2D eigenvalue weighted by Gasteiger charge is -2.07. The zero-order chi connectivity index (χ0) is 21.9. The monoisotopic (exact) mass is 451 g/mol. The Kier molecular flexibility index (Phi) is 5.95. The number of rotatable bonds is 7. The van der Waals surface area contributed by atoms with Gasteiger partial charge in [0.1, 0.15) is 5.57 Å². The van der Waals surface area contributed by atoms with Crippen LogP contribution < -0.4 is 5.57 Å². The highest BCUT2D eigenvalue weighted by molar-refractivity contribution is 7.61. The van der Waals surface area contributed by atoms with Crippen molar-refractivity contribution in [2.24, 2.45) is 4.99 Å². The average molecular weight is 451 g/mol. The van der Waals surface area contributed by atoms with Gasteiger partial charge in [0.15, 0.2) is 0 Å². The van der Waals surface area contributed by atoms with Crippen LogP contribution in [0.5, 0.6) is 0 Å². The predicted octanol–water partition coefficient (Wildman–Crippen LogP) is 7.27. The molecule has 1 aliphatic heterocycles. The molecule has 5 rings (SSSR count). The Bertz CT molecular complexity index is 1320. The number of aliphatic imine (C=N–C) groups is 1. The van der Waals surface area contributed by atoms with Gasteiger partial charge < -0.3 is 4.98 Å². The molecule has 156 valence electrons. The molecule has 0 fully saturated rings. The van der Waals surface area contributed by atoms with Crippen LogP contribution in [-0.2, 0) is 6.42 Å². The van der Waals surface area contributed by atoms with E-state index in [1.165, 1.54) is 33.3 Å². The summed E-state index contributed by atoms with van der Waals surface area (Å²) in [7, 11) is 1.11. The van der Waals surface area contributed by atoms with Crippen LogP contribution in [0.1, 0.15) is 5.56 Å². The molecule has 32 heavy (non-hydrogen) atoms. The maximum Gasteiger partial charge on any atom is 0.130 e. The molecule has 2 unspecified atom stereocenters. The SMILES string of the molecule is C=CPC1=Nc2ccc(-c3ccc(-c4ccc(-c5cnc(PC=C)[nH]5)cc4)cc3)cc2C1. The molecule has 4 aromatic rings. The summed E-state index contributed by atoms with van der Waals surface area (Å²) < 4.78 is 0. The van der Waals surface area contributed by atoms with Crippen molar-refractivity contribution >= 4 is 33.9 Å². The zero-order valence-electron chi connectivity index (χ0n) is 17.6. The van der Waals surface area contributed by atoms with Crippen molar-refractivity contribution < 1.29 is 0 Å². The van der Waals surface area contributed by atoms with E-state index in [9.17, 15) is 0 Å². The van der Waals surface area contributed by atoms with Crippen LogP contribution in [0, 0.1) is 0 Å². The van der Waals surface area contributed by atoms with E-state index < -0.39 is 0 Å². The number of benzene rings is 3. The predicted molar refractivity (Wildman–Crippen MR) is 142 cm³/mol. The van der Waals surface area contributed by atoms with Crippen LogP contribution in [0.2, 0.25) is 0 Å². The summed E-state index contributed by atoms with van der Waals surface area (Å²) in [5.74, 6) is 3.83. The smallest absolute Gasteiger partial charge is 0.130 e. The lowest BCUT2D eigenvalue weighted by molar-refractivity contribution is 1.41. The molecule has 3 nitrogen and oxygen atoms in total. The molecule has 2 atom stereocenters. The van der Waals surface area contributed by atoms with Gasteiger partial charge in [-0.05, 0) is 54.1 Å². The first-order chi connectivity index (χ1) is 15.7. The largest absolute Gasteiger partial charge is 0.338 e. The number of aromatic amines is 1. The van der Waals surface area contributed by atoms with Crippen LogP contribution in [0.25, 0.3) is 33.5 Å². The third kappa shape index (κ3) is 4.28. The highest BCUT2D eigenvalue weighted by Gasteiger charge is 2.14. The van der Waals surface area contributed by atoms with Crippen LogP contribution in [0.3, 0.4) is 0 Å². The number of aromatic nitrogens is 2. The minimum absolute atomic E-state index is 0.502. The Hall–Kier alpha value is -3.12. The van der Waals surface area contributed by atoms with Crippen molar-refractivity contribution in [2.75, 3.05) is 0 Å². The second-order valence-corrected chi connectivity index (χ2v) is 10.0. The Morgan fingerprint density at radius 2 is 1.34 bits per heavy atom. The Balaban J connectivity index is 1.33. The lowest BCUT2D eigenvalue weighted by atomic mass is 9.98. The number of H-pyrrole nitrogens is 1. The summed E-state index contributed by atoms with van der Waals surface area (Å²) in [6.45, 7) is 7.62. The standard InChI is InChI=1S/C27H23N3P2/c1-3-31-26-16-23-15-22(13-14-24(23)29-26)20-7-5-18(6-8-20)19-9-11-21(12-10-19)25-17-28-27(30-25)32-4-2/h3-15,17,31-32H,1-2,16H2,(H,28,30). The normalized spacial score (nSPS) is 13.1. The Labute approximate surface area is 192 Å². The number of hydrogen-bond acceptors (Lipinski definition) is 2. The second kappa shape index (κ2) is 9.17. The van der Waals surface area contributed by atoms with E-state index in [0.717, 1.165) is 28.9 Å². The van der Waals surface area contributed by atoms with Crippen molar-refractivity contribution in [2.45, 2.75) is 6.42 Å². The van der Waals surface area contributed by atoms with Crippen molar-refractivity contribution in [1.82, 2.24) is 9.97 Å². The van der Waals surface area contributed by atoms with Gasteiger partial charge in [0, 0.05) is 11.9 Å². The first kappa shape index (κ1) is 20.8. The minimum atomic E-state index is 0.502. The van der Waals surface area contributed by atoms with Crippen molar-refractivity contribution in [1.29, 1.82) is 0 Å². The second-order valence-electron chi connectivity index (χ2n) is 7.58. The van der Waals surface area contributed by atoms with Crippen molar-refractivity contribution in [3.63, 3.8) is 0 Å². The maximum atomic E-state index is 4.72. The molecule has 2 heterocycles. The summed E-state index contributed by atoms with van der Waals surface area (Å²) in [5.41, 5.74) is 11.6. The molecule has 0 amide bonds. The molecule has 1 aliphatic rings. The number of nitrogens with one attached hydrogen (secondary N) is 1. The average Bonchev–Trinajstić information content (AvgIpc) is 3.46. The molecule has 0 saturated carbocycles. The Morgan fingerprint density at radius 3 is 2.00 bits per heavy atom. The van der Waals surface area contributed by atoms with Gasteiger partial charge in [-0.2, -0.15) is 0 Å². The number of fused-ring (bicyclic) bond motifs is 1. The third-order valence-corrected chi connectivity index (χ3v) is 7.08. The van der Waals surface area contributed by atoms with Crippen molar-refractivity contribution in [3.8, 4) is 33.5 Å². The van der Waals surface area contributed by atoms with Crippen LogP contribution in [0.15, 0.2) is 103 Å². The molecule has 5 heteroatoms. The van der Waals surface area contributed by atoms with Crippen LogP contribution in [0.4, 0.5) is 5.69 Å². The fraction of sp³-hybridized carbons (Fsp3) is 0.0370. The summed E-state index contributed by atoms with van der Waals surface area (Å²) in [5, 5.41) is 0. The van der Waals surface area contributed by atoms with Crippen LogP contribution >= 0.6 is 17.2 Å². The quantitative estimate of drug-likeness (QED) is 0.295. The van der Waals surface area contributed by atoms with Gasteiger partial charge in [0.2, 0.25) is 0 Å². The highest BCUT2D eigenvalue weighted by atomic mass is 31.1. The number of nitrogens with zero attached hydrogens (tertiary/aromatic N) is 2. The summed E-state index contributed by atoms with van der Waals surface area (Å²) in [6.07, 6.45) is 2.82.